The molecule has 2 aliphatic heterocycles. The number of carbonyl (C=O) groups is 2. The normalized spacial score (nSPS) is 24.8. The zero-order chi connectivity index (χ0) is 17.0. The van der Waals surface area contributed by atoms with Gasteiger partial charge >= 0.3 is 12.1 Å². The second-order valence-electron chi connectivity index (χ2n) is 6.44. The summed E-state index contributed by atoms with van der Waals surface area (Å²) in [5, 5.41) is 3.28. The lowest BCUT2D eigenvalue weighted by molar-refractivity contribution is -0.159. The highest BCUT2D eigenvalue weighted by Gasteiger charge is 2.53. The summed E-state index contributed by atoms with van der Waals surface area (Å²) >= 11 is 0. The van der Waals surface area contributed by atoms with Gasteiger partial charge < -0.3 is 19.7 Å². The average Bonchev–Trinajstić information content (AvgIpc) is 3.05. The summed E-state index contributed by atoms with van der Waals surface area (Å²) in [6, 6.07) is 9.62. The Labute approximate surface area is 154 Å². The van der Waals surface area contributed by atoms with Crippen LogP contribution in [0.25, 0.3) is 0 Å². The highest BCUT2D eigenvalue weighted by atomic mass is 35.5. The molecule has 6 nitrogen and oxygen atoms in total. The summed E-state index contributed by atoms with van der Waals surface area (Å²) in [6.45, 7) is 4.87. The maximum atomic E-state index is 12.4. The van der Waals surface area contributed by atoms with Gasteiger partial charge in [-0.25, -0.2) is 4.79 Å². The van der Waals surface area contributed by atoms with Gasteiger partial charge in [-0.2, -0.15) is 0 Å². The fourth-order valence-electron chi connectivity index (χ4n) is 3.62. The molecule has 2 saturated heterocycles. The van der Waals surface area contributed by atoms with Crippen LogP contribution in [0.4, 0.5) is 4.79 Å². The van der Waals surface area contributed by atoms with Crippen LogP contribution in [-0.2, 0) is 20.9 Å². The van der Waals surface area contributed by atoms with Crippen LogP contribution < -0.4 is 5.32 Å². The first-order valence-corrected chi connectivity index (χ1v) is 8.49. The highest BCUT2D eigenvalue weighted by molar-refractivity contribution is 5.85. The van der Waals surface area contributed by atoms with Crippen molar-refractivity contribution in [2.45, 2.75) is 20.0 Å². The van der Waals surface area contributed by atoms with E-state index in [4.69, 9.17) is 9.47 Å². The number of esters is 1. The second-order valence-corrected chi connectivity index (χ2v) is 6.44. The van der Waals surface area contributed by atoms with E-state index < -0.39 is 5.41 Å². The molecular weight excluding hydrogens is 344 g/mol. The molecule has 7 heteroatoms. The fourth-order valence-corrected chi connectivity index (χ4v) is 3.62. The molecule has 1 N–H and O–H groups in total. The van der Waals surface area contributed by atoms with E-state index in [1.54, 1.807) is 4.90 Å². The summed E-state index contributed by atoms with van der Waals surface area (Å²) in [7, 11) is 0. The van der Waals surface area contributed by atoms with Gasteiger partial charge in [-0.1, -0.05) is 30.3 Å². The van der Waals surface area contributed by atoms with Crippen molar-refractivity contribution in [1.82, 2.24) is 10.2 Å². The van der Waals surface area contributed by atoms with Crippen LogP contribution in [0.5, 0.6) is 0 Å². The Bertz CT molecular complexity index is 598. The molecule has 0 radical (unpaired) electrons. The number of hydrogen-bond donors (Lipinski definition) is 1. The number of piperidine rings is 1. The van der Waals surface area contributed by atoms with Crippen LogP contribution in [0.3, 0.4) is 0 Å². The zero-order valence-corrected chi connectivity index (χ0v) is 15.2. The lowest BCUT2D eigenvalue weighted by Gasteiger charge is -2.41. The Morgan fingerprint density at radius 1 is 1.28 bits per heavy atom. The van der Waals surface area contributed by atoms with E-state index in [0.717, 1.165) is 12.1 Å². The van der Waals surface area contributed by atoms with Gasteiger partial charge in [0.25, 0.3) is 0 Å². The summed E-state index contributed by atoms with van der Waals surface area (Å²) in [6.07, 6.45) is 0.299. The maximum Gasteiger partial charge on any atom is 0.410 e. The molecule has 0 spiro atoms. The molecule has 0 unspecified atom stereocenters. The van der Waals surface area contributed by atoms with Crippen molar-refractivity contribution >= 4 is 24.5 Å². The summed E-state index contributed by atoms with van der Waals surface area (Å²) in [5.74, 6) is -0.0631. The van der Waals surface area contributed by atoms with Crippen LogP contribution >= 0.6 is 12.4 Å². The molecule has 1 amide bonds. The van der Waals surface area contributed by atoms with Crippen molar-refractivity contribution in [2.24, 2.45) is 11.3 Å². The van der Waals surface area contributed by atoms with Crippen molar-refractivity contribution in [3.8, 4) is 0 Å². The largest absolute Gasteiger partial charge is 0.466 e. The smallest absolute Gasteiger partial charge is 0.410 e. The fraction of sp³-hybridized carbons (Fsp3) is 0.556. The summed E-state index contributed by atoms with van der Waals surface area (Å²) in [5.41, 5.74) is 0.470. The number of hydrogen-bond acceptors (Lipinski definition) is 5. The van der Waals surface area contributed by atoms with Gasteiger partial charge in [0.2, 0.25) is 0 Å². The van der Waals surface area contributed by atoms with Crippen molar-refractivity contribution in [1.29, 1.82) is 0 Å². The molecule has 2 aliphatic rings. The molecule has 138 valence electrons. The molecule has 2 fully saturated rings. The maximum absolute atomic E-state index is 12.4. The van der Waals surface area contributed by atoms with Crippen molar-refractivity contribution in [3.05, 3.63) is 35.9 Å². The zero-order valence-electron chi connectivity index (χ0n) is 14.4. The van der Waals surface area contributed by atoms with Crippen LogP contribution in [0.15, 0.2) is 30.3 Å². The predicted molar refractivity (Wildman–Crippen MR) is 95.5 cm³/mol. The van der Waals surface area contributed by atoms with Crippen LogP contribution in [-0.4, -0.2) is 49.7 Å². The number of amides is 1. The number of nitrogens with zero attached hydrogens (tertiary/aromatic N) is 1. The van der Waals surface area contributed by atoms with E-state index in [0.29, 0.717) is 32.7 Å². The third kappa shape index (κ3) is 4.07. The number of rotatable bonds is 4. The van der Waals surface area contributed by atoms with Gasteiger partial charge in [0.15, 0.2) is 0 Å². The minimum atomic E-state index is -0.494. The quantitative estimate of drug-likeness (QED) is 0.825. The van der Waals surface area contributed by atoms with Gasteiger partial charge in [0, 0.05) is 32.1 Å². The Morgan fingerprint density at radius 3 is 2.76 bits per heavy atom. The Hall–Kier alpha value is -1.79. The molecule has 0 aromatic heterocycles. The molecular formula is C18H25ClN2O4. The lowest BCUT2D eigenvalue weighted by atomic mass is 9.72. The number of nitrogens with one attached hydrogen (secondary N) is 1. The van der Waals surface area contributed by atoms with Gasteiger partial charge in [-0.05, 0) is 18.9 Å². The van der Waals surface area contributed by atoms with E-state index in [1.807, 2.05) is 37.3 Å². The third-order valence-corrected chi connectivity index (χ3v) is 5.03. The van der Waals surface area contributed by atoms with E-state index in [9.17, 15) is 9.59 Å². The van der Waals surface area contributed by atoms with Crippen LogP contribution in [0.1, 0.15) is 18.9 Å². The molecule has 1 aromatic rings. The summed E-state index contributed by atoms with van der Waals surface area (Å²) < 4.78 is 10.7. The first-order chi connectivity index (χ1) is 11.7. The Balaban J connectivity index is 0.00000225. The number of halogens is 1. The van der Waals surface area contributed by atoms with E-state index in [2.05, 4.69) is 5.32 Å². The van der Waals surface area contributed by atoms with Crippen LogP contribution in [0.2, 0.25) is 0 Å². The molecule has 0 aliphatic carbocycles. The third-order valence-electron chi connectivity index (χ3n) is 5.03. The first kappa shape index (κ1) is 19.5. The van der Waals surface area contributed by atoms with Crippen molar-refractivity contribution in [3.63, 3.8) is 0 Å². The minimum Gasteiger partial charge on any atom is -0.466 e. The lowest BCUT2D eigenvalue weighted by Crippen LogP contribution is -2.53. The first-order valence-electron chi connectivity index (χ1n) is 8.49. The Kier molecular flexibility index (Phi) is 6.67. The molecule has 2 heterocycles. The predicted octanol–water partition coefficient (Wildman–Crippen LogP) is 2.22. The standard InChI is InChI=1S/C18H24N2O4.ClH/c1-2-23-16(21)18-8-9-20(11-15(18)10-19-13-18)17(22)24-12-14-6-4-3-5-7-14;/h3-7,15,19H,2,8-13H2,1H3;1H/t15-,18+;/m1./s1. The monoisotopic (exact) mass is 368 g/mol. The molecule has 2 atom stereocenters. The molecule has 1 aromatic carbocycles. The number of fused-ring (bicyclic) bond motifs is 1. The second kappa shape index (κ2) is 8.54. The topological polar surface area (TPSA) is 67.9 Å². The van der Waals surface area contributed by atoms with Crippen molar-refractivity contribution < 1.29 is 19.1 Å². The van der Waals surface area contributed by atoms with Crippen LogP contribution in [0, 0.1) is 11.3 Å². The highest BCUT2D eigenvalue weighted by Crippen LogP contribution is 2.40. The van der Waals surface area contributed by atoms with Gasteiger partial charge in [0.05, 0.1) is 12.0 Å². The number of likely N-dealkylation sites (tertiary alicyclic amines) is 1. The molecule has 0 saturated carbocycles. The molecule has 25 heavy (non-hydrogen) atoms. The number of ether oxygens (including phenoxy) is 2. The molecule has 0 bridgehead atoms. The SMILES string of the molecule is CCOC(=O)[C@]12CCN(C(=O)OCc3ccccc3)C[C@H]1CNC2.Cl. The summed E-state index contributed by atoms with van der Waals surface area (Å²) in [4.78, 5) is 26.4. The molecule has 3 rings (SSSR count). The minimum absolute atomic E-state index is 0. The number of benzene rings is 1. The van der Waals surface area contributed by atoms with Gasteiger partial charge in [-0.15, -0.1) is 12.4 Å². The van der Waals surface area contributed by atoms with Gasteiger partial charge in [0.1, 0.15) is 6.61 Å². The van der Waals surface area contributed by atoms with Gasteiger partial charge in [-0.3, -0.25) is 4.79 Å². The van der Waals surface area contributed by atoms with E-state index in [1.165, 1.54) is 0 Å². The van der Waals surface area contributed by atoms with Crippen molar-refractivity contribution in [2.75, 3.05) is 32.8 Å². The number of carbonyl (C=O) groups excluding carboxylic acids is 2. The average molecular weight is 369 g/mol. The van der Waals surface area contributed by atoms with E-state index in [-0.39, 0.29) is 37.0 Å². The van der Waals surface area contributed by atoms with E-state index >= 15 is 0 Å². The Morgan fingerprint density at radius 2 is 2.04 bits per heavy atom.